The number of carbonyl (C=O) groups excluding carboxylic acids is 1. The van der Waals surface area contributed by atoms with Crippen molar-refractivity contribution in [3.63, 3.8) is 0 Å². The van der Waals surface area contributed by atoms with Crippen LogP contribution in [0, 0.1) is 23.0 Å². The maximum atomic E-state index is 12.9. The molecule has 0 spiro atoms. The second-order valence-electron chi connectivity index (χ2n) is 8.01. The summed E-state index contributed by atoms with van der Waals surface area (Å²) in [6.07, 6.45) is -3.85. The van der Waals surface area contributed by atoms with Gasteiger partial charge in [0.25, 0.3) is 0 Å². The van der Waals surface area contributed by atoms with Gasteiger partial charge in [-0.1, -0.05) is 17.7 Å². The molecular formula is C19H25NO9S. The number of hydrogen-bond donors (Lipinski definition) is 0. The first-order chi connectivity index (χ1) is 13.9. The predicted octanol–water partition coefficient (Wildman–Crippen LogP) is 1.47. The molecule has 0 unspecified atom stereocenters. The molecule has 30 heavy (non-hydrogen) atoms. The van der Waals surface area contributed by atoms with Crippen molar-refractivity contribution in [2.45, 2.75) is 63.0 Å². The molecule has 0 aromatic heterocycles. The van der Waals surface area contributed by atoms with Crippen molar-refractivity contribution in [3.05, 3.63) is 39.9 Å². The summed E-state index contributed by atoms with van der Waals surface area (Å²) in [7, 11) is -3.86. The number of hydrogen-bond acceptors (Lipinski definition) is 9. The Balaban J connectivity index is 1.89. The maximum Gasteiger partial charge on any atom is 0.303 e. The van der Waals surface area contributed by atoms with E-state index in [9.17, 15) is 23.3 Å². The molecule has 0 saturated carbocycles. The number of sulfone groups is 1. The number of fused-ring (bicyclic) bond motifs is 1. The summed E-state index contributed by atoms with van der Waals surface area (Å²) < 4.78 is 48.4. The maximum absolute atomic E-state index is 12.9. The van der Waals surface area contributed by atoms with Gasteiger partial charge >= 0.3 is 5.97 Å². The van der Waals surface area contributed by atoms with E-state index in [1.54, 1.807) is 26.0 Å². The zero-order valence-corrected chi connectivity index (χ0v) is 18.0. The molecule has 2 saturated heterocycles. The topological polar surface area (TPSA) is 131 Å². The van der Waals surface area contributed by atoms with Gasteiger partial charge < -0.3 is 18.9 Å². The molecule has 0 aliphatic carbocycles. The van der Waals surface area contributed by atoms with Crippen LogP contribution in [0.2, 0.25) is 0 Å². The van der Waals surface area contributed by atoms with Crippen molar-refractivity contribution in [2.24, 2.45) is 5.92 Å². The monoisotopic (exact) mass is 443 g/mol. The minimum absolute atomic E-state index is 0.0531. The summed E-state index contributed by atoms with van der Waals surface area (Å²) >= 11 is 0. The van der Waals surface area contributed by atoms with Crippen LogP contribution < -0.4 is 0 Å². The number of ether oxygens (including phenoxy) is 4. The highest BCUT2D eigenvalue weighted by Gasteiger charge is 2.59. The Morgan fingerprint density at radius 3 is 2.47 bits per heavy atom. The molecule has 3 rings (SSSR count). The van der Waals surface area contributed by atoms with E-state index in [1.165, 1.54) is 19.1 Å². The molecule has 2 aliphatic rings. The number of carbonyl (C=O) groups is 1. The molecule has 1 aromatic carbocycles. The van der Waals surface area contributed by atoms with Gasteiger partial charge in [-0.15, -0.1) is 0 Å². The minimum atomic E-state index is -3.86. The number of rotatable bonds is 7. The molecule has 0 N–H and O–H groups in total. The average Bonchev–Trinajstić information content (AvgIpc) is 3.06. The highest BCUT2D eigenvalue weighted by Crippen LogP contribution is 2.41. The SMILES string of the molecule is CC(=O)O[C@H]1[C@@H]([C@@H](C[N+](=O)[O-])CS(=O)(=O)c2ccc(C)cc2)O[C@@H]2OC(C)(C)O[C@@H]21. The zero-order valence-electron chi connectivity index (χ0n) is 17.1. The summed E-state index contributed by atoms with van der Waals surface area (Å²) in [4.78, 5) is 22.4. The largest absolute Gasteiger partial charge is 0.457 e. The summed E-state index contributed by atoms with van der Waals surface area (Å²) in [5, 5.41) is 11.3. The quantitative estimate of drug-likeness (QED) is 0.349. The number of nitro groups is 1. The molecule has 10 nitrogen and oxygen atoms in total. The van der Waals surface area contributed by atoms with Crippen LogP contribution in [0.5, 0.6) is 0 Å². The van der Waals surface area contributed by atoms with Crippen molar-refractivity contribution in [1.29, 1.82) is 0 Å². The van der Waals surface area contributed by atoms with Crippen molar-refractivity contribution < 1.29 is 37.1 Å². The summed E-state index contributed by atoms with van der Waals surface area (Å²) in [5.74, 6) is -3.27. The average molecular weight is 443 g/mol. The van der Waals surface area contributed by atoms with E-state index in [0.29, 0.717) is 0 Å². The Morgan fingerprint density at radius 1 is 1.27 bits per heavy atom. The van der Waals surface area contributed by atoms with E-state index in [0.717, 1.165) is 5.56 Å². The van der Waals surface area contributed by atoms with E-state index in [-0.39, 0.29) is 4.90 Å². The first kappa shape index (κ1) is 22.6. The van der Waals surface area contributed by atoms with Crippen LogP contribution in [0.4, 0.5) is 0 Å². The second-order valence-corrected chi connectivity index (χ2v) is 10.0. The van der Waals surface area contributed by atoms with E-state index in [1.807, 2.05) is 6.92 Å². The first-order valence-electron chi connectivity index (χ1n) is 9.47. The van der Waals surface area contributed by atoms with Crippen LogP contribution in [-0.4, -0.2) is 62.0 Å². The van der Waals surface area contributed by atoms with Crippen LogP contribution in [0.15, 0.2) is 29.2 Å². The smallest absolute Gasteiger partial charge is 0.303 e. The summed E-state index contributed by atoms with van der Waals surface area (Å²) in [6.45, 7) is 5.64. The predicted molar refractivity (Wildman–Crippen MR) is 103 cm³/mol. The molecule has 5 atom stereocenters. The van der Waals surface area contributed by atoms with Gasteiger partial charge in [-0.3, -0.25) is 14.9 Å². The lowest BCUT2D eigenvalue weighted by Gasteiger charge is -2.28. The molecule has 0 bridgehead atoms. The third kappa shape index (κ3) is 4.97. The van der Waals surface area contributed by atoms with Crippen LogP contribution in [0.1, 0.15) is 26.3 Å². The van der Waals surface area contributed by atoms with E-state index < -0.39 is 69.3 Å². The molecule has 2 aliphatic heterocycles. The summed E-state index contributed by atoms with van der Waals surface area (Å²) in [5.41, 5.74) is 0.884. The fourth-order valence-electron chi connectivity index (χ4n) is 3.78. The number of esters is 1. The second kappa shape index (κ2) is 8.22. The lowest BCUT2D eigenvalue weighted by Crippen LogP contribution is -2.45. The lowest BCUT2D eigenvalue weighted by molar-refractivity contribution is -0.490. The highest BCUT2D eigenvalue weighted by atomic mass is 32.2. The van der Waals surface area contributed by atoms with Gasteiger partial charge in [0, 0.05) is 11.8 Å². The van der Waals surface area contributed by atoms with E-state index in [2.05, 4.69) is 0 Å². The van der Waals surface area contributed by atoms with E-state index >= 15 is 0 Å². The molecule has 166 valence electrons. The Labute approximate surface area is 174 Å². The number of benzene rings is 1. The molecule has 0 radical (unpaired) electrons. The van der Waals surface area contributed by atoms with Gasteiger partial charge in [0.15, 0.2) is 34.1 Å². The van der Waals surface area contributed by atoms with E-state index in [4.69, 9.17) is 18.9 Å². The van der Waals surface area contributed by atoms with Crippen molar-refractivity contribution in [2.75, 3.05) is 12.3 Å². The lowest BCUT2D eigenvalue weighted by atomic mass is 9.98. The highest BCUT2D eigenvalue weighted by molar-refractivity contribution is 7.91. The van der Waals surface area contributed by atoms with Crippen LogP contribution >= 0.6 is 0 Å². The Kier molecular flexibility index (Phi) is 6.19. The Bertz CT molecular complexity index is 912. The fraction of sp³-hybridized carbons (Fsp3) is 0.632. The third-order valence-corrected chi connectivity index (χ3v) is 6.85. The van der Waals surface area contributed by atoms with Gasteiger partial charge in [0.05, 0.1) is 16.6 Å². The zero-order chi connectivity index (χ0) is 22.3. The summed E-state index contributed by atoms with van der Waals surface area (Å²) in [6, 6.07) is 6.21. The molecule has 2 fully saturated rings. The van der Waals surface area contributed by atoms with Gasteiger partial charge in [-0.25, -0.2) is 8.42 Å². The minimum Gasteiger partial charge on any atom is -0.457 e. The number of aryl methyl sites for hydroxylation is 1. The van der Waals surface area contributed by atoms with Gasteiger partial charge in [-0.2, -0.15) is 0 Å². The molecule has 0 amide bonds. The van der Waals surface area contributed by atoms with Crippen LogP contribution in [-0.2, 0) is 33.6 Å². The van der Waals surface area contributed by atoms with Gasteiger partial charge in [0.2, 0.25) is 6.54 Å². The van der Waals surface area contributed by atoms with Crippen molar-refractivity contribution >= 4 is 15.8 Å². The third-order valence-electron chi connectivity index (χ3n) is 4.99. The standard InChI is InChI=1S/C19H25NO9S/c1-11-5-7-14(8-6-11)30(24,25)10-13(9-20(22)23)15-16(26-12(2)21)17-18(27-15)29-19(3,4)28-17/h5-8,13,15-18H,9-10H2,1-4H3/t13-,15+,16-,17+,18+/m0/s1. The van der Waals surface area contributed by atoms with Crippen LogP contribution in [0.25, 0.3) is 0 Å². The Hall–Kier alpha value is -2.08. The normalized spacial score (nSPS) is 28.7. The first-order valence-corrected chi connectivity index (χ1v) is 11.1. The Morgan fingerprint density at radius 2 is 1.90 bits per heavy atom. The molecule has 2 heterocycles. The molecular weight excluding hydrogens is 418 g/mol. The van der Waals surface area contributed by atoms with Crippen molar-refractivity contribution in [1.82, 2.24) is 0 Å². The molecule has 1 aromatic rings. The molecule has 11 heteroatoms. The van der Waals surface area contributed by atoms with Gasteiger partial charge in [-0.05, 0) is 32.9 Å². The fourth-order valence-corrected chi connectivity index (χ4v) is 5.38. The number of nitrogens with zero attached hydrogens (tertiary/aromatic N) is 1. The van der Waals surface area contributed by atoms with Gasteiger partial charge in [0.1, 0.15) is 6.10 Å². The van der Waals surface area contributed by atoms with Crippen LogP contribution in [0.3, 0.4) is 0 Å². The van der Waals surface area contributed by atoms with Crippen molar-refractivity contribution in [3.8, 4) is 0 Å².